The zero-order valence-corrected chi connectivity index (χ0v) is 9.49. The lowest BCUT2D eigenvalue weighted by Crippen LogP contribution is -2.07. The molecule has 14 heavy (non-hydrogen) atoms. The number of anilines is 1. The van der Waals surface area contributed by atoms with Gasteiger partial charge in [-0.1, -0.05) is 0 Å². The van der Waals surface area contributed by atoms with Gasteiger partial charge in [-0.2, -0.15) is 0 Å². The number of carbonyl (C=O) groups is 1. The number of benzene rings is 1. The number of Topliss-reactive ketones (excluding diaryl/α,β-unsaturated/α-hetero) is 1. The van der Waals surface area contributed by atoms with E-state index in [2.05, 4.69) is 0 Å². The van der Waals surface area contributed by atoms with E-state index < -0.39 is 0 Å². The quantitative estimate of drug-likeness (QED) is 0.548. The normalized spacial score (nSPS) is 10.4. The lowest BCUT2D eigenvalue weighted by molar-refractivity contribution is 0.101. The number of carbonyl (C=O) groups excluding carboxylic acids is 1. The molecule has 0 aromatic heterocycles. The standard InChI is InChI=1S/C12H17NO/c1-6-8(3)12(13)9(4)7(2)11(6)10(5)14/h13H2,1-5H3. The van der Waals surface area contributed by atoms with Crippen molar-refractivity contribution in [1.29, 1.82) is 0 Å². The van der Waals surface area contributed by atoms with Gasteiger partial charge in [0.25, 0.3) is 0 Å². The molecular formula is C12H17NO. The Morgan fingerprint density at radius 3 is 1.57 bits per heavy atom. The van der Waals surface area contributed by atoms with Crippen LogP contribution in [0.2, 0.25) is 0 Å². The fraction of sp³-hybridized carbons (Fsp3) is 0.417. The highest BCUT2D eigenvalue weighted by atomic mass is 16.1. The summed E-state index contributed by atoms with van der Waals surface area (Å²) in [5, 5.41) is 0. The molecule has 1 aromatic rings. The highest BCUT2D eigenvalue weighted by molar-refractivity contribution is 5.98. The first-order valence-corrected chi connectivity index (χ1v) is 4.74. The Labute approximate surface area is 85.1 Å². The van der Waals surface area contributed by atoms with Gasteiger partial charge in [-0.25, -0.2) is 0 Å². The Kier molecular flexibility index (Phi) is 2.65. The molecule has 76 valence electrons. The molecule has 0 amide bonds. The molecule has 0 saturated heterocycles. The van der Waals surface area contributed by atoms with Gasteiger partial charge in [-0.15, -0.1) is 0 Å². The van der Waals surface area contributed by atoms with Crippen molar-refractivity contribution in [3.63, 3.8) is 0 Å². The summed E-state index contributed by atoms with van der Waals surface area (Å²) in [4.78, 5) is 11.5. The highest BCUT2D eigenvalue weighted by Crippen LogP contribution is 2.28. The van der Waals surface area contributed by atoms with Crippen molar-refractivity contribution in [2.24, 2.45) is 0 Å². The molecule has 2 N–H and O–H groups in total. The molecule has 1 rings (SSSR count). The van der Waals surface area contributed by atoms with Crippen LogP contribution in [0, 0.1) is 27.7 Å². The van der Waals surface area contributed by atoms with Crippen molar-refractivity contribution in [3.05, 3.63) is 27.8 Å². The monoisotopic (exact) mass is 191 g/mol. The van der Waals surface area contributed by atoms with E-state index in [-0.39, 0.29) is 5.78 Å². The second-order valence-corrected chi connectivity index (χ2v) is 3.84. The first-order chi connectivity index (χ1) is 6.37. The molecule has 0 aliphatic rings. The fourth-order valence-electron chi connectivity index (χ4n) is 1.87. The summed E-state index contributed by atoms with van der Waals surface area (Å²) < 4.78 is 0. The molecule has 0 aliphatic heterocycles. The highest BCUT2D eigenvalue weighted by Gasteiger charge is 2.15. The van der Waals surface area contributed by atoms with Gasteiger partial charge >= 0.3 is 0 Å². The van der Waals surface area contributed by atoms with Crippen molar-refractivity contribution in [2.75, 3.05) is 5.73 Å². The number of nitrogen functional groups attached to an aromatic ring is 1. The molecular weight excluding hydrogens is 174 g/mol. The molecule has 1 aromatic carbocycles. The van der Waals surface area contributed by atoms with Crippen LogP contribution in [0.1, 0.15) is 39.5 Å². The van der Waals surface area contributed by atoms with E-state index in [9.17, 15) is 4.79 Å². The second-order valence-electron chi connectivity index (χ2n) is 3.84. The average Bonchev–Trinajstić information content (AvgIpc) is 2.11. The largest absolute Gasteiger partial charge is 0.398 e. The van der Waals surface area contributed by atoms with Crippen LogP contribution in [0.4, 0.5) is 5.69 Å². The van der Waals surface area contributed by atoms with Crippen LogP contribution >= 0.6 is 0 Å². The van der Waals surface area contributed by atoms with Gasteiger partial charge in [-0.05, 0) is 56.9 Å². The summed E-state index contributed by atoms with van der Waals surface area (Å²) in [7, 11) is 0. The minimum atomic E-state index is 0.117. The van der Waals surface area contributed by atoms with Gasteiger partial charge in [0.1, 0.15) is 0 Å². The summed E-state index contributed by atoms with van der Waals surface area (Å²) in [6, 6.07) is 0. The van der Waals surface area contributed by atoms with E-state index in [1.807, 2.05) is 27.7 Å². The zero-order chi connectivity index (χ0) is 11.0. The van der Waals surface area contributed by atoms with Crippen molar-refractivity contribution >= 4 is 11.5 Å². The van der Waals surface area contributed by atoms with Crippen molar-refractivity contribution in [3.8, 4) is 0 Å². The first-order valence-electron chi connectivity index (χ1n) is 4.74. The van der Waals surface area contributed by atoms with E-state index in [1.165, 1.54) is 0 Å². The Morgan fingerprint density at radius 1 is 0.929 bits per heavy atom. The lowest BCUT2D eigenvalue weighted by Gasteiger charge is -2.16. The van der Waals surface area contributed by atoms with Crippen LogP contribution in [-0.4, -0.2) is 5.78 Å². The van der Waals surface area contributed by atoms with E-state index in [0.717, 1.165) is 33.5 Å². The average molecular weight is 191 g/mol. The first kappa shape index (κ1) is 10.8. The van der Waals surface area contributed by atoms with Crippen LogP contribution in [0.25, 0.3) is 0 Å². The minimum absolute atomic E-state index is 0.117. The Balaban J connectivity index is 3.68. The van der Waals surface area contributed by atoms with Crippen molar-refractivity contribution in [1.82, 2.24) is 0 Å². The molecule has 0 radical (unpaired) electrons. The van der Waals surface area contributed by atoms with E-state index in [4.69, 9.17) is 5.73 Å². The Bertz CT molecular complexity index is 376. The Hall–Kier alpha value is -1.31. The molecule has 0 bridgehead atoms. The van der Waals surface area contributed by atoms with E-state index in [0.29, 0.717) is 0 Å². The summed E-state index contributed by atoms with van der Waals surface area (Å²) in [5.41, 5.74) is 11.7. The molecule has 0 heterocycles. The third kappa shape index (κ3) is 1.41. The van der Waals surface area contributed by atoms with Crippen LogP contribution in [0.15, 0.2) is 0 Å². The molecule has 0 saturated carbocycles. The molecule has 0 aliphatic carbocycles. The zero-order valence-electron chi connectivity index (χ0n) is 9.49. The third-order valence-electron chi connectivity index (χ3n) is 3.04. The maximum Gasteiger partial charge on any atom is 0.160 e. The molecule has 0 atom stereocenters. The SMILES string of the molecule is CC(=O)c1c(C)c(C)c(N)c(C)c1C. The number of hydrogen-bond donors (Lipinski definition) is 1. The fourth-order valence-corrected chi connectivity index (χ4v) is 1.87. The van der Waals surface area contributed by atoms with Gasteiger partial charge in [-0.3, -0.25) is 4.79 Å². The minimum Gasteiger partial charge on any atom is -0.398 e. The summed E-state index contributed by atoms with van der Waals surface area (Å²) >= 11 is 0. The number of rotatable bonds is 1. The van der Waals surface area contributed by atoms with Gasteiger partial charge < -0.3 is 5.73 Å². The molecule has 0 spiro atoms. The van der Waals surface area contributed by atoms with Crippen molar-refractivity contribution < 1.29 is 4.79 Å². The molecule has 0 unspecified atom stereocenters. The van der Waals surface area contributed by atoms with Crippen molar-refractivity contribution in [2.45, 2.75) is 34.6 Å². The molecule has 2 nitrogen and oxygen atoms in total. The van der Waals surface area contributed by atoms with E-state index in [1.54, 1.807) is 6.92 Å². The maximum absolute atomic E-state index is 11.5. The summed E-state index contributed by atoms with van der Waals surface area (Å²) in [6.07, 6.45) is 0. The van der Waals surface area contributed by atoms with Gasteiger partial charge in [0.15, 0.2) is 5.78 Å². The van der Waals surface area contributed by atoms with Crippen LogP contribution < -0.4 is 5.73 Å². The second kappa shape index (κ2) is 3.45. The van der Waals surface area contributed by atoms with E-state index >= 15 is 0 Å². The van der Waals surface area contributed by atoms with Crippen LogP contribution in [0.5, 0.6) is 0 Å². The lowest BCUT2D eigenvalue weighted by atomic mass is 9.90. The van der Waals surface area contributed by atoms with Gasteiger partial charge in [0.2, 0.25) is 0 Å². The predicted octanol–water partition coefficient (Wildman–Crippen LogP) is 2.71. The topological polar surface area (TPSA) is 43.1 Å². The van der Waals surface area contributed by atoms with Gasteiger partial charge in [0, 0.05) is 11.3 Å². The molecule has 0 fully saturated rings. The maximum atomic E-state index is 11.5. The smallest absolute Gasteiger partial charge is 0.160 e. The number of hydrogen-bond acceptors (Lipinski definition) is 2. The number of nitrogens with two attached hydrogens (primary N) is 1. The third-order valence-corrected chi connectivity index (χ3v) is 3.04. The Morgan fingerprint density at radius 2 is 1.29 bits per heavy atom. The van der Waals surface area contributed by atoms with Crippen LogP contribution in [-0.2, 0) is 0 Å². The molecule has 2 heteroatoms. The van der Waals surface area contributed by atoms with Gasteiger partial charge in [0.05, 0.1) is 0 Å². The summed E-state index contributed by atoms with van der Waals surface area (Å²) in [6.45, 7) is 9.43. The summed E-state index contributed by atoms with van der Waals surface area (Å²) in [5.74, 6) is 0.117. The predicted molar refractivity (Wildman–Crippen MR) is 59.8 cm³/mol. The number of ketones is 1. The van der Waals surface area contributed by atoms with Crippen LogP contribution in [0.3, 0.4) is 0 Å².